The van der Waals surface area contributed by atoms with Crippen molar-refractivity contribution in [1.29, 1.82) is 0 Å². The van der Waals surface area contributed by atoms with Crippen molar-refractivity contribution in [2.45, 2.75) is 49.9 Å². The van der Waals surface area contributed by atoms with Gasteiger partial charge in [0.2, 0.25) is 0 Å². The van der Waals surface area contributed by atoms with E-state index in [-0.39, 0.29) is 49.9 Å². The molecule has 0 saturated heterocycles. The van der Waals surface area contributed by atoms with E-state index in [1.165, 1.54) is 76.1 Å². The minimum absolute atomic E-state index is 0. The van der Waals surface area contributed by atoms with Crippen LogP contribution in [0.3, 0.4) is 0 Å². The maximum absolute atomic E-state index is 15.4. The highest BCUT2D eigenvalue weighted by atomic mass is 79.9. The lowest BCUT2D eigenvalue weighted by Gasteiger charge is -2.39. The predicted molar refractivity (Wildman–Crippen MR) is 499 cm³/mol. The van der Waals surface area contributed by atoms with Gasteiger partial charge in [0.25, 0.3) is 0 Å². The second-order valence-corrected chi connectivity index (χ2v) is 34.7. The van der Waals surface area contributed by atoms with Gasteiger partial charge in [-0.15, -0.1) is 0 Å². The van der Waals surface area contributed by atoms with Crippen LogP contribution in [0.5, 0.6) is 0 Å². The third-order valence-electron chi connectivity index (χ3n) is 26.4. The van der Waals surface area contributed by atoms with Gasteiger partial charge in [-0.2, -0.15) is 0 Å². The highest BCUT2D eigenvalue weighted by Gasteiger charge is 2.42. The predicted octanol–water partition coefficient (Wildman–Crippen LogP) is 28.3. The average Bonchev–Trinajstić information content (AvgIpc) is 1.62. The van der Waals surface area contributed by atoms with Crippen molar-refractivity contribution in [3.05, 3.63) is 418 Å². The number of halogens is 15. The van der Waals surface area contributed by atoms with E-state index in [4.69, 9.17) is 0 Å². The largest absolute Gasteiger partial charge is 1.00 e. The van der Waals surface area contributed by atoms with E-state index in [0.717, 1.165) is 160 Å². The Kier molecular flexibility index (Phi) is 21.0. The van der Waals surface area contributed by atoms with E-state index in [2.05, 4.69) is 171 Å². The summed E-state index contributed by atoms with van der Waals surface area (Å²) in [4.78, 5) is 0. The Hall–Kier alpha value is -13.0. The van der Waals surface area contributed by atoms with Gasteiger partial charge in [0, 0.05) is 65.9 Å². The molecule has 21 aromatic carbocycles. The minimum atomic E-state index is -1.56. The van der Waals surface area contributed by atoms with Crippen molar-refractivity contribution in [1.82, 2.24) is 0 Å². The van der Waals surface area contributed by atoms with Crippen molar-refractivity contribution in [2.24, 2.45) is 0 Å². The van der Waals surface area contributed by atoms with Crippen LogP contribution >= 0.6 is 31.9 Å². The van der Waals surface area contributed by atoms with Gasteiger partial charge in [-0.1, -0.05) is 262 Å². The molecule has 3 heterocycles. The molecule has 0 aliphatic carbocycles. The van der Waals surface area contributed by atoms with E-state index >= 15 is 17.6 Å². The number of alkyl halides is 2. The Morgan fingerprint density at radius 2 is 0.488 bits per heavy atom. The second-order valence-electron chi connectivity index (χ2n) is 33.6. The van der Waals surface area contributed by atoms with Crippen molar-refractivity contribution in [3.8, 4) is 77.9 Å². The molecule has 0 amide bonds. The fraction of sp³-hybridized carbons (Fsp3) is 0.0714. The molecule has 17 heteroatoms. The molecule has 2 nitrogen and oxygen atoms in total. The summed E-state index contributed by atoms with van der Waals surface area (Å²) in [7, 11) is 0. The molecule has 24 rings (SSSR count). The van der Waals surface area contributed by atoms with E-state index < -0.39 is 69.8 Å². The summed E-state index contributed by atoms with van der Waals surface area (Å²) < 4.78 is 177. The van der Waals surface area contributed by atoms with E-state index in [0.29, 0.717) is 64.0 Å². The minimum Gasteiger partial charge on any atom is -1.00 e. The molecule has 129 heavy (non-hydrogen) atoms. The number of rotatable bonds is 7. The zero-order valence-corrected chi connectivity index (χ0v) is 73.0. The first-order valence-electron chi connectivity index (χ1n) is 42.0. The molecule has 21 aromatic rings. The lowest BCUT2D eigenvalue weighted by Crippen LogP contribution is -3.00. The van der Waals surface area contributed by atoms with Gasteiger partial charge in [-0.25, -0.2) is 52.7 Å². The quantitative estimate of drug-likeness (QED) is 0.0409. The molecule has 3 aliphatic rings. The zero-order chi connectivity index (χ0) is 87.4. The monoisotopic (exact) mass is 1910 g/mol. The number of hydrogen-bond acceptors (Lipinski definition) is 0. The Morgan fingerprint density at radius 3 is 0.814 bits per heavy atom. The van der Waals surface area contributed by atoms with Crippen molar-refractivity contribution in [2.75, 3.05) is 0 Å². The first-order valence-corrected chi connectivity index (χ1v) is 44.2. The highest BCUT2D eigenvalue weighted by molar-refractivity contribution is 9.08. The molecule has 0 bridgehead atoms. The van der Waals surface area contributed by atoms with Crippen molar-refractivity contribution < 1.29 is 79.5 Å². The topological polar surface area (TPSA) is 16.6 Å². The first-order chi connectivity index (χ1) is 62.3. The molecule has 3 aliphatic heterocycles. The summed E-state index contributed by atoms with van der Waals surface area (Å²) in [5.74, 6) is -16.6. The van der Waals surface area contributed by atoms with E-state index in [1.54, 1.807) is 12.1 Å². The molecule has 0 saturated carbocycles. The maximum atomic E-state index is 15.4. The van der Waals surface area contributed by atoms with Crippen LogP contribution < -0.4 is 22.3 Å². The number of hydrogen-bond donors (Lipinski definition) is 1. The Morgan fingerprint density at radius 1 is 0.233 bits per heavy atom. The first kappa shape index (κ1) is 82.9. The standard InChI is InChI=1S/C56H32F6N.C34H18Br2F6.C22H17N.BrH/c57-45-21-35(22-46(58)55(45)61)41-19-31-7-1-3-11-37(31)53-43(41)27-63(28-44-42(36-23-47(59)56(62)48(60)24-36)20-32-8-2-4-12-38(32)54(44)53)25-33-17-15-29-9-5-13-39-40-14-6-10-30-16-18-34(26-63)52(50(30)40)51(33)49(29)39;35-15-25-23(19-11-27(37)33(41)28(38)12-19)9-17-5-1-3-7-21(17)31(25)32-22-8-4-2-6-18(22)10-24(26(32)16-36)20-13-29(39)34(42)30(40)14-20;1-3-7-19-15(5-1)9-11-17-13-23-14-18-12-10-16-6-2-4-8-20(16)22(18)21(17)19;/h1-24H,25-28H2;1-14H,15-16H2;1-12,23H,13-14H2;1H/q+1;;;. The maximum Gasteiger partial charge on any atom is 0.194 e. The lowest BCUT2D eigenvalue weighted by atomic mass is 9.82. The summed E-state index contributed by atoms with van der Waals surface area (Å²) in [5.41, 5.74) is 16.8. The average molecular weight is 1910 g/mol. The van der Waals surface area contributed by atoms with Gasteiger partial charge in [0.05, 0.1) is 0 Å². The fourth-order valence-electron chi connectivity index (χ4n) is 21.0. The number of benzene rings is 21. The summed E-state index contributed by atoms with van der Waals surface area (Å²) in [6.07, 6.45) is 0. The van der Waals surface area contributed by atoms with Crippen LogP contribution in [0.4, 0.5) is 52.7 Å². The fourth-order valence-corrected chi connectivity index (χ4v) is 22.2. The number of quaternary nitrogens is 2. The number of nitrogens with two attached hydrogens (primary N) is 1. The normalized spacial score (nSPS) is 13.2. The van der Waals surface area contributed by atoms with Crippen LogP contribution in [-0.2, 0) is 49.9 Å². The van der Waals surface area contributed by atoms with Crippen LogP contribution in [0, 0.1) is 69.8 Å². The Labute approximate surface area is 758 Å². The second kappa shape index (κ2) is 32.6. The molecule has 0 atom stereocenters. The van der Waals surface area contributed by atoms with Crippen molar-refractivity contribution >= 4 is 140 Å². The van der Waals surface area contributed by atoms with Gasteiger partial charge in [0.1, 0.15) is 39.3 Å². The van der Waals surface area contributed by atoms with E-state index in [1.807, 2.05) is 109 Å². The molecular formula is C112H68Br3F12N2+. The summed E-state index contributed by atoms with van der Waals surface area (Å²) in [6.45, 7) is 3.86. The van der Waals surface area contributed by atoms with Crippen LogP contribution in [0.2, 0.25) is 0 Å². The summed E-state index contributed by atoms with van der Waals surface area (Å²) >= 11 is 7.16. The van der Waals surface area contributed by atoms with Crippen molar-refractivity contribution in [3.63, 3.8) is 0 Å². The van der Waals surface area contributed by atoms with Gasteiger partial charge in [-0.05, 0) is 248 Å². The zero-order valence-electron chi connectivity index (χ0n) is 68.2. The molecule has 0 fully saturated rings. The SMILES string of the molecule is Fc1cc(-c2cc3ccccc3c(-c3c(CBr)c(-c4cc(F)c(F)c(F)c4)cc4ccccc34)c2CBr)cc(F)c1F.Fc1cc(-c2cc3ccccc3c3c2C[N+]2(Cc4c(-c5cc(F)c(F)c(F)c5)cc5ccccc5c4-3)Cc3ccc4cccc5c6cccc7ccc(c(c3c45)c76)C2)cc(F)c1F.[Br-].c1ccc2c3c(ccc2c1)C[NH2+]Cc1ccc2ccccc2c1-3. The van der Waals surface area contributed by atoms with Crippen LogP contribution in [0.15, 0.2) is 303 Å². The van der Waals surface area contributed by atoms with Gasteiger partial charge in [0.15, 0.2) is 69.8 Å². The van der Waals surface area contributed by atoms with Gasteiger partial charge in [-0.3, -0.25) is 0 Å². The third-order valence-corrected chi connectivity index (χ3v) is 27.5. The molecular weight excluding hydrogens is 1840 g/mol. The van der Waals surface area contributed by atoms with E-state index in [9.17, 15) is 35.1 Å². The molecule has 630 valence electrons. The van der Waals surface area contributed by atoms with Gasteiger partial charge < -0.3 is 26.8 Å². The van der Waals surface area contributed by atoms with Crippen LogP contribution in [0.25, 0.3) is 186 Å². The van der Waals surface area contributed by atoms with Crippen LogP contribution in [-0.4, -0.2) is 4.48 Å². The molecule has 0 radical (unpaired) electrons. The molecule has 2 N–H and O–H groups in total. The third kappa shape index (κ3) is 13.7. The Balaban J connectivity index is 0.000000131. The molecule has 1 spiro atoms. The molecule has 0 unspecified atom stereocenters. The van der Waals surface area contributed by atoms with Crippen LogP contribution in [0.1, 0.15) is 44.5 Å². The number of nitrogens with zero attached hydrogens (tertiary/aromatic N) is 1. The lowest BCUT2D eigenvalue weighted by molar-refractivity contribution is -0.977. The van der Waals surface area contributed by atoms with Gasteiger partial charge >= 0.3 is 0 Å². The summed E-state index contributed by atoms with van der Waals surface area (Å²) in [6, 6.07) is 94.5. The highest BCUT2D eigenvalue weighted by Crippen LogP contribution is 2.56. The summed E-state index contributed by atoms with van der Waals surface area (Å²) in [5, 5.41) is 24.1. The number of fused-ring (bicyclic) bond motifs is 17. The Bertz CT molecular complexity index is 7770. The smallest absolute Gasteiger partial charge is 0.194 e. The molecule has 0 aromatic heterocycles.